The number of nitrogens with one attached hydrogen (secondary N) is 2. The van der Waals surface area contributed by atoms with Crippen LogP contribution in [0.2, 0.25) is 5.15 Å². The minimum absolute atomic E-state index is 0.534. The van der Waals surface area contributed by atoms with Crippen molar-refractivity contribution < 1.29 is 0 Å². The number of aliphatic imine (C=N–C) groups is 1. The molecule has 0 radical (unpaired) electrons. The summed E-state index contributed by atoms with van der Waals surface area (Å²) < 4.78 is 0. The molecular formula is C19H32ClN5. The van der Waals surface area contributed by atoms with Gasteiger partial charge in [-0.3, -0.25) is 4.99 Å². The van der Waals surface area contributed by atoms with E-state index in [1.807, 2.05) is 25.4 Å². The fraction of sp³-hybridized carbons (Fsp3) is 0.684. The molecule has 0 spiro atoms. The molecule has 2 rings (SSSR count). The van der Waals surface area contributed by atoms with Gasteiger partial charge in [-0.25, -0.2) is 4.98 Å². The summed E-state index contributed by atoms with van der Waals surface area (Å²) in [6.45, 7) is 1.75. The summed E-state index contributed by atoms with van der Waals surface area (Å²) >= 11 is 5.82. The van der Waals surface area contributed by atoms with E-state index in [0.29, 0.717) is 11.2 Å². The maximum Gasteiger partial charge on any atom is 0.191 e. The number of hydrogen-bond acceptors (Lipinski definition) is 3. The van der Waals surface area contributed by atoms with Crippen molar-refractivity contribution in [1.29, 1.82) is 0 Å². The average Bonchev–Trinajstić information content (AvgIpc) is 2.62. The molecule has 0 aliphatic heterocycles. The smallest absolute Gasteiger partial charge is 0.191 e. The number of halogens is 1. The maximum atomic E-state index is 5.82. The standard InChI is InChI=1S/C19H32ClN5/c1-21-19(22-12-11-15-9-10-18(20)23-13-15)24-14-17(25(2)3)16-7-5-4-6-8-16/h9-10,13,16-17H,4-8,11-12,14H2,1-3H3,(H2,21,22,24). The van der Waals surface area contributed by atoms with Crippen molar-refractivity contribution >= 4 is 17.6 Å². The third-order valence-electron chi connectivity index (χ3n) is 5.05. The summed E-state index contributed by atoms with van der Waals surface area (Å²) in [4.78, 5) is 10.8. The highest BCUT2D eigenvalue weighted by Crippen LogP contribution is 2.28. The Morgan fingerprint density at radius 1 is 1.28 bits per heavy atom. The molecule has 0 saturated heterocycles. The maximum absolute atomic E-state index is 5.82. The van der Waals surface area contributed by atoms with E-state index < -0.39 is 0 Å². The summed E-state index contributed by atoms with van der Waals surface area (Å²) in [6.07, 6.45) is 9.55. The van der Waals surface area contributed by atoms with Crippen LogP contribution in [0.5, 0.6) is 0 Å². The Kier molecular flexibility index (Phi) is 8.49. The first-order valence-corrected chi connectivity index (χ1v) is 9.69. The summed E-state index contributed by atoms with van der Waals surface area (Å²) in [5, 5.41) is 7.43. The minimum Gasteiger partial charge on any atom is -0.356 e. The first-order valence-electron chi connectivity index (χ1n) is 9.31. The predicted molar refractivity (Wildman–Crippen MR) is 106 cm³/mol. The highest BCUT2D eigenvalue weighted by molar-refractivity contribution is 6.29. The number of pyridine rings is 1. The largest absolute Gasteiger partial charge is 0.356 e. The average molecular weight is 366 g/mol. The second-order valence-corrected chi connectivity index (χ2v) is 7.44. The fourth-order valence-corrected chi connectivity index (χ4v) is 3.70. The topological polar surface area (TPSA) is 52.6 Å². The first-order chi connectivity index (χ1) is 12.1. The SMILES string of the molecule is CN=C(NCCc1ccc(Cl)nc1)NCC(C1CCCCC1)N(C)C. The lowest BCUT2D eigenvalue weighted by Crippen LogP contribution is -2.48. The van der Waals surface area contributed by atoms with Gasteiger partial charge in [-0.05, 0) is 50.9 Å². The van der Waals surface area contributed by atoms with Crippen molar-refractivity contribution in [2.45, 2.75) is 44.6 Å². The molecule has 1 atom stereocenters. The lowest BCUT2D eigenvalue weighted by Gasteiger charge is -2.35. The van der Waals surface area contributed by atoms with Crippen molar-refractivity contribution in [3.8, 4) is 0 Å². The van der Waals surface area contributed by atoms with Crippen LogP contribution < -0.4 is 10.6 Å². The number of nitrogens with zero attached hydrogens (tertiary/aromatic N) is 3. The molecule has 0 amide bonds. The monoisotopic (exact) mass is 365 g/mol. The van der Waals surface area contributed by atoms with E-state index in [-0.39, 0.29) is 0 Å². The lowest BCUT2D eigenvalue weighted by molar-refractivity contribution is 0.171. The molecule has 1 unspecified atom stereocenters. The lowest BCUT2D eigenvalue weighted by atomic mass is 9.83. The zero-order valence-corrected chi connectivity index (χ0v) is 16.5. The van der Waals surface area contributed by atoms with E-state index in [0.717, 1.165) is 31.4 Å². The molecule has 1 fully saturated rings. The molecule has 1 heterocycles. The van der Waals surface area contributed by atoms with Gasteiger partial charge in [0.1, 0.15) is 5.15 Å². The molecule has 1 aromatic heterocycles. The van der Waals surface area contributed by atoms with E-state index >= 15 is 0 Å². The van der Waals surface area contributed by atoms with E-state index in [1.54, 1.807) is 0 Å². The highest BCUT2D eigenvalue weighted by Gasteiger charge is 2.25. The van der Waals surface area contributed by atoms with E-state index in [2.05, 4.69) is 39.6 Å². The number of aromatic nitrogens is 1. The molecular weight excluding hydrogens is 334 g/mol. The molecule has 1 aliphatic rings. The van der Waals surface area contributed by atoms with Crippen LogP contribution in [0.15, 0.2) is 23.3 Å². The van der Waals surface area contributed by atoms with Crippen molar-refractivity contribution in [3.05, 3.63) is 29.0 Å². The van der Waals surface area contributed by atoms with Crippen LogP contribution in [0.25, 0.3) is 0 Å². The Bertz CT molecular complexity index is 523. The molecule has 6 heteroatoms. The molecule has 5 nitrogen and oxygen atoms in total. The van der Waals surface area contributed by atoms with Crippen LogP contribution >= 0.6 is 11.6 Å². The van der Waals surface area contributed by atoms with Crippen LogP contribution in [-0.2, 0) is 6.42 Å². The summed E-state index contributed by atoms with van der Waals surface area (Å²) in [5.41, 5.74) is 1.17. The third kappa shape index (κ3) is 6.83. The Hall–Kier alpha value is -1.33. The third-order valence-corrected chi connectivity index (χ3v) is 5.28. The molecule has 140 valence electrons. The predicted octanol–water partition coefficient (Wildman–Crippen LogP) is 2.95. The van der Waals surface area contributed by atoms with Crippen molar-refractivity contribution in [2.24, 2.45) is 10.9 Å². The highest BCUT2D eigenvalue weighted by atomic mass is 35.5. The molecule has 1 saturated carbocycles. The van der Waals surface area contributed by atoms with Gasteiger partial charge in [-0.1, -0.05) is 36.9 Å². The van der Waals surface area contributed by atoms with Gasteiger partial charge in [-0.15, -0.1) is 0 Å². The van der Waals surface area contributed by atoms with Gasteiger partial charge >= 0.3 is 0 Å². The van der Waals surface area contributed by atoms with Gasteiger partial charge in [0, 0.05) is 32.4 Å². The zero-order valence-electron chi connectivity index (χ0n) is 15.8. The van der Waals surface area contributed by atoms with Crippen molar-refractivity contribution in [2.75, 3.05) is 34.2 Å². The number of rotatable bonds is 7. The van der Waals surface area contributed by atoms with Gasteiger partial charge in [0.25, 0.3) is 0 Å². The minimum atomic E-state index is 0.534. The van der Waals surface area contributed by atoms with E-state index in [1.165, 1.54) is 37.7 Å². The van der Waals surface area contributed by atoms with Gasteiger partial charge in [0.05, 0.1) is 0 Å². The van der Waals surface area contributed by atoms with E-state index in [4.69, 9.17) is 11.6 Å². The molecule has 0 bridgehead atoms. The fourth-order valence-electron chi connectivity index (χ4n) is 3.59. The van der Waals surface area contributed by atoms with Crippen molar-refractivity contribution in [3.63, 3.8) is 0 Å². The number of hydrogen-bond donors (Lipinski definition) is 2. The van der Waals surface area contributed by atoms with Crippen LogP contribution in [0, 0.1) is 5.92 Å². The van der Waals surface area contributed by atoms with Crippen LogP contribution in [-0.4, -0.2) is 56.1 Å². The Morgan fingerprint density at radius 3 is 2.64 bits per heavy atom. The summed E-state index contributed by atoms with van der Waals surface area (Å²) in [5.74, 6) is 1.65. The summed E-state index contributed by atoms with van der Waals surface area (Å²) in [7, 11) is 6.19. The van der Waals surface area contributed by atoms with E-state index in [9.17, 15) is 0 Å². The molecule has 0 aromatic carbocycles. The molecule has 2 N–H and O–H groups in total. The normalized spacial score (nSPS) is 17.6. The molecule has 1 aromatic rings. The van der Waals surface area contributed by atoms with Crippen LogP contribution in [0.4, 0.5) is 0 Å². The summed E-state index contributed by atoms with van der Waals surface area (Å²) in [6, 6.07) is 4.40. The molecule has 1 aliphatic carbocycles. The van der Waals surface area contributed by atoms with Gasteiger partial charge in [0.2, 0.25) is 0 Å². The number of guanidine groups is 1. The molecule has 25 heavy (non-hydrogen) atoms. The second kappa shape index (κ2) is 10.6. The first kappa shape index (κ1) is 20.0. The Morgan fingerprint density at radius 2 is 2.04 bits per heavy atom. The number of likely N-dealkylation sites (N-methyl/N-ethyl adjacent to an activating group) is 1. The van der Waals surface area contributed by atoms with Crippen molar-refractivity contribution in [1.82, 2.24) is 20.5 Å². The Labute approximate surface area is 157 Å². The Balaban J connectivity index is 1.76. The van der Waals surface area contributed by atoms with Gasteiger partial charge in [0.15, 0.2) is 5.96 Å². The van der Waals surface area contributed by atoms with Gasteiger partial charge < -0.3 is 15.5 Å². The van der Waals surface area contributed by atoms with Gasteiger partial charge in [-0.2, -0.15) is 0 Å². The quantitative estimate of drug-likeness (QED) is 0.443. The zero-order chi connectivity index (χ0) is 18.1. The van der Waals surface area contributed by atoms with Crippen LogP contribution in [0.1, 0.15) is 37.7 Å². The van der Waals surface area contributed by atoms with Crippen LogP contribution in [0.3, 0.4) is 0 Å². The second-order valence-electron chi connectivity index (χ2n) is 7.05.